The van der Waals surface area contributed by atoms with Gasteiger partial charge in [0, 0.05) is 14.2 Å². The van der Waals surface area contributed by atoms with Gasteiger partial charge in [-0.1, -0.05) is 0 Å². The zero-order chi connectivity index (χ0) is 25.5. The number of ether oxygens (including phenoxy) is 1. The van der Waals surface area contributed by atoms with Gasteiger partial charge in [-0.25, -0.2) is 18.7 Å². The molecule has 0 aromatic carbocycles. The minimum Gasteiger partial charge on any atom is -0.387 e. The third kappa shape index (κ3) is 5.98. The maximum absolute atomic E-state index is 12.4. The molecule has 1 aliphatic heterocycles. The smallest absolute Gasteiger partial charge is 0.387 e. The quantitative estimate of drug-likeness (QED) is 0.176. The van der Waals surface area contributed by atoms with Crippen LogP contribution in [-0.2, 0) is 36.1 Å². The van der Waals surface area contributed by atoms with Crippen LogP contribution < -0.4 is 11.1 Å². The summed E-state index contributed by atoms with van der Waals surface area (Å²) in [5.41, 5.74) is 6.11. The van der Waals surface area contributed by atoms with Crippen LogP contribution in [0.5, 0.6) is 0 Å². The van der Waals surface area contributed by atoms with Gasteiger partial charge in [-0.3, -0.25) is 13.6 Å². The van der Waals surface area contributed by atoms with Gasteiger partial charge < -0.3 is 40.7 Å². The van der Waals surface area contributed by atoms with Crippen LogP contribution in [0.25, 0.3) is 11.2 Å². The molecule has 22 heteroatoms. The number of fused-ring (bicyclic) bond motifs is 1. The first-order valence-corrected chi connectivity index (χ1v) is 13.5. The van der Waals surface area contributed by atoms with E-state index in [0.29, 0.717) is 5.82 Å². The zero-order valence-electron chi connectivity index (χ0n) is 17.3. The van der Waals surface area contributed by atoms with Gasteiger partial charge >= 0.3 is 23.5 Å². The Kier molecular flexibility index (Phi) is 7.82. The fourth-order valence-corrected chi connectivity index (χ4v) is 6.30. The van der Waals surface area contributed by atoms with Gasteiger partial charge in [0.1, 0.15) is 18.3 Å². The van der Waals surface area contributed by atoms with Crippen LogP contribution in [0.3, 0.4) is 0 Å². The van der Waals surface area contributed by atoms with Crippen LogP contribution >= 0.6 is 23.5 Å². The molecule has 8 N–H and O–H groups in total. The largest absolute Gasteiger partial charge is 0.490 e. The summed E-state index contributed by atoms with van der Waals surface area (Å²) in [6.45, 7) is -0.832. The molecule has 0 amide bonds. The molecule has 0 aliphatic carbocycles. The summed E-state index contributed by atoms with van der Waals surface area (Å²) < 4.78 is 58.5. The maximum atomic E-state index is 12.4. The van der Waals surface area contributed by atoms with E-state index in [-0.39, 0.29) is 17.1 Å². The van der Waals surface area contributed by atoms with Gasteiger partial charge in [0.25, 0.3) is 0 Å². The van der Waals surface area contributed by atoms with E-state index >= 15 is 0 Å². The summed E-state index contributed by atoms with van der Waals surface area (Å²) in [4.78, 5) is 38.8. The Balaban J connectivity index is 1.76. The maximum Gasteiger partial charge on any atom is 0.490 e. The molecular formula is C12H21N6O13P3. The Bertz CT molecular complexity index is 1190. The number of rotatable bonds is 10. The molecular weight excluding hydrogens is 529 g/mol. The molecule has 2 aromatic heterocycles. The molecule has 0 bridgehead atoms. The van der Waals surface area contributed by atoms with Gasteiger partial charge in [0.15, 0.2) is 23.2 Å². The Morgan fingerprint density at radius 2 is 1.85 bits per heavy atom. The average molecular weight is 550 g/mol. The van der Waals surface area contributed by atoms with E-state index in [1.807, 2.05) is 0 Å². The molecule has 34 heavy (non-hydrogen) atoms. The fourth-order valence-electron chi connectivity index (χ4n) is 2.94. The lowest BCUT2D eigenvalue weighted by atomic mass is 10.1. The van der Waals surface area contributed by atoms with Crippen LogP contribution in [-0.4, -0.2) is 83.5 Å². The van der Waals surface area contributed by atoms with Gasteiger partial charge in [0.2, 0.25) is 5.95 Å². The number of phosphoric ester groups is 1. The van der Waals surface area contributed by atoms with Crippen LogP contribution in [0.2, 0.25) is 0 Å². The summed E-state index contributed by atoms with van der Waals surface area (Å²) in [7, 11) is -13.8. The number of aromatic nitrogens is 4. The number of imidazole rings is 1. The number of anilines is 2. The third-order valence-corrected chi connectivity index (χ3v) is 8.53. The monoisotopic (exact) mass is 550 g/mol. The Labute approximate surface area is 190 Å². The van der Waals surface area contributed by atoms with Crippen molar-refractivity contribution < 1.29 is 61.0 Å². The van der Waals surface area contributed by atoms with Crippen molar-refractivity contribution in [3.05, 3.63) is 6.33 Å². The van der Waals surface area contributed by atoms with E-state index in [1.54, 1.807) is 7.05 Å². The highest BCUT2D eigenvalue weighted by Crippen LogP contribution is 2.68. The lowest BCUT2D eigenvalue weighted by molar-refractivity contribution is -0.0508. The summed E-state index contributed by atoms with van der Waals surface area (Å²) in [6, 6.07) is 0. The SMILES string of the molecule is CNc1nc(N)nc2c1ncn2C1OC(COP(=O)(OC)OP(=O)(O)OP(=O)(O)O)C(O)C1O. The molecule has 0 spiro atoms. The first-order chi connectivity index (χ1) is 15.7. The number of hydrogen-bond donors (Lipinski definition) is 7. The Morgan fingerprint density at radius 3 is 2.44 bits per heavy atom. The molecule has 1 fully saturated rings. The van der Waals surface area contributed by atoms with E-state index < -0.39 is 54.6 Å². The molecule has 0 saturated carbocycles. The van der Waals surface area contributed by atoms with Gasteiger partial charge in [-0.15, -0.1) is 0 Å². The standard InChI is InChI=1S/C12H21N6O13P3/c1-14-9-6-10(17-12(13)16-9)18(4-15-6)11-8(20)7(19)5(29-11)3-28-34(26,27-2)31-33(24,25)30-32(21,22)23/h4-5,7-8,11,19-20H,3H2,1-2H3,(H,24,25)(H2,21,22,23)(H3,13,14,16,17). The Morgan fingerprint density at radius 1 is 1.18 bits per heavy atom. The highest BCUT2D eigenvalue weighted by atomic mass is 31.3. The second-order valence-corrected chi connectivity index (χ2v) is 11.3. The molecule has 1 saturated heterocycles. The van der Waals surface area contributed by atoms with Crippen molar-refractivity contribution in [2.75, 3.05) is 31.8 Å². The number of nitrogens with one attached hydrogen (secondary N) is 1. The van der Waals surface area contributed by atoms with Crippen LogP contribution in [0, 0.1) is 0 Å². The van der Waals surface area contributed by atoms with Crippen molar-refractivity contribution in [1.29, 1.82) is 0 Å². The highest BCUT2D eigenvalue weighted by molar-refractivity contribution is 7.66. The van der Waals surface area contributed by atoms with Crippen molar-refractivity contribution in [3.8, 4) is 0 Å². The van der Waals surface area contributed by atoms with Crippen molar-refractivity contribution in [2.45, 2.75) is 24.5 Å². The third-order valence-electron chi connectivity index (χ3n) is 4.32. The lowest BCUT2D eigenvalue weighted by Crippen LogP contribution is -2.33. The molecule has 192 valence electrons. The minimum absolute atomic E-state index is 0.115. The van der Waals surface area contributed by atoms with E-state index in [0.717, 1.165) is 7.11 Å². The number of nitrogens with two attached hydrogens (primary N) is 1. The molecule has 6 unspecified atom stereocenters. The molecule has 1 aliphatic rings. The van der Waals surface area contributed by atoms with E-state index in [2.05, 4.69) is 33.4 Å². The highest BCUT2D eigenvalue weighted by Gasteiger charge is 2.47. The van der Waals surface area contributed by atoms with E-state index in [9.17, 15) is 28.8 Å². The van der Waals surface area contributed by atoms with Crippen molar-refractivity contribution >= 4 is 46.4 Å². The molecule has 6 atom stereocenters. The minimum atomic E-state index is -5.61. The number of aliphatic hydroxyl groups is 2. The molecule has 3 heterocycles. The van der Waals surface area contributed by atoms with Gasteiger partial charge in [-0.2, -0.15) is 18.6 Å². The van der Waals surface area contributed by atoms with E-state index in [4.69, 9.17) is 24.8 Å². The zero-order valence-corrected chi connectivity index (χ0v) is 20.0. The van der Waals surface area contributed by atoms with Crippen LogP contribution in [0.1, 0.15) is 6.23 Å². The van der Waals surface area contributed by atoms with E-state index in [1.165, 1.54) is 10.9 Å². The number of aliphatic hydroxyl groups excluding tert-OH is 2. The summed E-state index contributed by atoms with van der Waals surface area (Å²) >= 11 is 0. The number of nitrogen functional groups attached to an aromatic ring is 1. The van der Waals surface area contributed by atoms with Crippen molar-refractivity contribution in [3.63, 3.8) is 0 Å². The number of hydrogen-bond acceptors (Lipinski definition) is 15. The predicted molar refractivity (Wildman–Crippen MR) is 110 cm³/mol. The van der Waals surface area contributed by atoms with Crippen molar-refractivity contribution in [1.82, 2.24) is 19.5 Å². The normalized spacial score (nSPS) is 26.9. The fraction of sp³-hybridized carbons (Fsp3) is 0.583. The predicted octanol–water partition coefficient (Wildman–Crippen LogP) is -0.933. The Hall–Kier alpha value is -1.56. The lowest BCUT2D eigenvalue weighted by Gasteiger charge is -2.21. The molecule has 3 rings (SSSR count). The molecule has 19 nitrogen and oxygen atoms in total. The first kappa shape index (κ1) is 27.0. The topological polar surface area (TPSA) is 280 Å². The summed E-state index contributed by atoms with van der Waals surface area (Å²) in [5, 5.41) is 23.6. The number of phosphoric acid groups is 3. The van der Waals surface area contributed by atoms with Crippen LogP contribution in [0.4, 0.5) is 11.8 Å². The van der Waals surface area contributed by atoms with Gasteiger partial charge in [-0.05, 0) is 0 Å². The average Bonchev–Trinajstić information content (AvgIpc) is 3.25. The second-order valence-electron chi connectivity index (χ2n) is 6.60. The van der Waals surface area contributed by atoms with Crippen molar-refractivity contribution in [2.24, 2.45) is 0 Å². The molecule has 2 aromatic rings. The van der Waals surface area contributed by atoms with Gasteiger partial charge in [0.05, 0.1) is 12.9 Å². The second kappa shape index (κ2) is 9.83. The summed E-state index contributed by atoms with van der Waals surface area (Å²) in [5.74, 6) is 0.175. The molecule has 0 radical (unpaired) electrons. The van der Waals surface area contributed by atoms with Crippen LogP contribution in [0.15, 0.2) is 6.33 Å². The number of nitrogens with zero attached hydrogens (tertiary/aromatic N) is 4. The first-order valence-electron chi connectivity index (χ1n) is 8.99. The summed E-state index contributed by atoms with van der Waals surface area (Å²) in [6.07, 6.45) is -4.65.